The molecule has 0 N–H and O–H groups in total. The number of hydrogen-bond donors (Lipinski definition) is 0. The molecule has 0 aromatic carbocycles. The monoisotopic (exact) mass is 352 g/mol. The summed E-state index contributed by atoms with van der Waals surface area (Å²) in [5.41, 5.74) is 0.234. The van der Waals surface area contributed by atoms with E-state index in [0.29, 0.717) is 0 Å². The van der Waals surface area contributed by atoms with Crippen LogP contribution in [0.15, 0.2) is 0 Å². The fourth-order valence-corrected chi connectivity index (χ4v) is 5.09. The molecule has 1 rings (SSSR count). The van der Waals surface area contributed by atoms with Crippen molar-refractivity contribution in [3.05, 3.63) is 0 Å². The number of unbranched alkanes of at least 4 members (excludes halogenated alkanes) is 4. The smallest absolute Gasteiger partial charge is 0.0688 e. The van der Waals surface area contributed by atoms with Crippen molar-refractivity contribution in [2.75, 3.05) is 6.61 Å². The Kier molecular flexibility index (Phi) is 12.9. The van der Waals surface area contributed by atoms with Crippen LogP contribution in [0.3, 0.4) is 0 Å². The van der Waals surface area contributed by atoms with E-state index in [9.17, 15) is 0 Å². The molecule has 0 spiro atoms. The van der Waals surface area contributed by atoms with E-state index >= 15 is 0 Å². The third-order valence-corrected chi connectivity index (χ3v) is 6.33. The predicted octanol–water partition coefficient (Wildman–Crippen LogP) is 8.31. The normalized spacial score (nSPS) is 23.0. The first-order valence-electron chi connectivity index (χ1n) is 11.8. The van der Waals surface area contributed by atoms with E-state index in [1.165, 1.54) is 103 Å². The second kappa shape index (κ2) is 14.1. The van der Waals surface area contributed by atoms with E-state index in [4.69, 9.17) is 4.74 Å². The summed E-state index contributed by atoms with van der Waals surface area (Å²) < 4.78 is 6.51. The van der Waals surface area contributed by atoms with Gasteiger partial charge in [0.15, 0.2) is 0 Å². The lowest BCUT2D eigenvalue weighted by molar-refractivity contribution is -0.0372. The van der Waals surface area contributed by atoms with Crippen LogP contribution < -0.4 is 0 Å². The highest BCUT2D eigenvalue weighted by Crippen LogP contribution is 2.41. The van der Waals surface area contributed by atoms with Gasteiger partial charge in [-0.05, 0) is 37.5 Å². The topological polar surface area (TPSA) is 9.23 Å². The lowest BCUT2D eigenvalue weighted by atomic mass is 9.76. The summed E-state index contributed by atoms with van der Waals surface area (Å²) in [6.45, 7) is 10.4. The molecule has 2 unspecified atom stereocenters. The van der Waals surface area contributed by atoms with E-state index in [0.717, 1.165) is 18.4 Å². The molecule has 2 atom stereocenters. The van der Waals surface area contributed by atoms with Gasteiger partial charge in [-0.25, -0.2) is 0 Å². The van der Waals surface area contributed by atoms with E-state index in [2.05, 4.69) is 27.7 Å². The molecule has 1 aliphatic heterocycles. The third kappa shape index (κ3) is 9.45. The minimum absolute atomic E-state index is 0.234. The summed E-state index contributed by atoms with van der Waals surface area (Å²) in [7, 11) is 0. The van der Waals surface area contributed by atoms with Crippen LogP contribution in [0.5, 0.6) is 0 Å². The molecule has 0 bridgehead atoms. The van der Waals surface area contributed by atoms with E-state index < -0.39 is 0 Å². The SMILES string of the molecule is CCCCCC(CCC)CC1(CC(CCC)CCCCC)CCCO1. The first-order valence-corrected chi connectivity index (χ1v) is 11.8. The summed E-state index contributed by atoms with van der Waals surface area (Å²) in [4.78, 5) is 0. The van der Waals surface area contributed by atoms with Gasteiger partial charge in [0.2, 0.25) is 0 Å². The Morgan fingerprint density at radius 2 is 1.20 bits per heavy atom. The Balaban J connectivity index is 2.64. The van der Waals surface area contributed by atoms with E-state index in [-0.39, 0.29) is 5.60 Å². The second-order valence-electron chi connectivity index (χ2n) is 8.84. The molecule has 0 aromatic heterocycles. The molecule has 1 heteroatoms. The van der Waals surface area contributed by atoms with Crippen LogP contribution >= 0.6 is 0 Å². The minimum Gasteiger partial charge on any atom is -0.375 e. The van der Waals surface area contributed by atoms with Gasteiger partial charge in [-0.3, -0.25) is 0 Å². The molecular weight excluding hydrogens is 304 g/mol. The van der Waals surface area contributed by atoms with Crippen molar-refractivity contribution in [3.8, 4) is 0 Å². The standard InChI is InChI=1S/C24H48O/c1-5-9-11-16-22(14-7-3)20-24(18-13-19-25-24)21-23(15-8-4)17-12-10-6-2/h22-23H,5-21H2,1-4H3. The molecule has 1 nitrogen and oxygen atoms in total. The van der Waals surface area contributed by atoms with Crippen molar-refractivity contribution in [3.63, 3.8) is 0 Å². The largest absolute Gasteiger partial charge is 0.375 e. The molecular formula is C24H48O. The van der Waals surface area contributed by atoms with Gasteiger partial charge in [0.1, 0.15) is 0 Å². The molecule has 0 saturated carbocycles. The maximum atomic E-state index is 6.51. The molecule has 0 aliphatic carbocycles. The molecule has 1 saturated heterocycles. The van der Waals surface area contributed by atoms with Crippen molar-refractivity contribution in [2.24, 2.45) is 11.8 Å². The summed E-state index contributed by atoms with van der Waals surface area (Å²) in [5, 5.41) is 0. The highest BCUT2D eigenvalue weighted by Gasteiger charge is 2.38. The first kappa shape index (κ1) is 23.0. The number of rotatable bonds is 16. The Hall–Kier alpha value is -0.0400. The summed E-state index contributed by atoms with van der Waals surface area (Å²) in [5.74, 6) is 1.79. The second-order valence-corrected chi connectivity index (χ2v) is 8.84. The van der Waals surface area contributed by atoms with Crippen LogP contribution in [0.1, 0.15) is 130 Å². The van der Waals surface area contributed by atoms with Crippen molar-refractivity contribution in [1.29, 1.82) is 0 Å². The van der Waals surface area contributed by atoms with Crippen LogP contribution in [-0.4, -0.2) is 12.2 Å². The molecule has 25 heavy (non-hydrogen) atoms. The third-order valence-electron chi connectivity index (χ3n) is 6.33. The zero-order valence-electron chi connectivity index (χ0n) is 18.1. The molecule has 1 fully saturated rings. The van der Waals surface area contributed by atoms with Crippen molar-refractivity contribution in [1.82, 2.24) is 0 Å². The van der Waals surface area contributed by atoms with Gasteiger partial charge >= 0.3 is 0 Å². The maximum Gasteiger partial charge on any atom is 0.0688 e. The van der Waals surface area contributed by atoms with Crippen molar-refractivity contribution >= 4 is 0 Å². The van der Waals surface area contributed by atoms with Crippen LogP contribution in [0.25, 0.3) is 0 Å². The number of ether oxygens (including phenoxy) is 1. The Labute approximate surface area is 159 Å². The molecule has 0 aromatic rings. The first-order chi connectivity index (χ1) is 12.2. The average Bonchev–Trinajstić information content (AvgIpc) is 3.04. The lowest BCUT2D eigenvalue weighted by Gasteiger charge is -2.36. The van der Waals surface area contributed by atoms with Crippen molar-refractivity contribution in [2.45, 2.75) is 136 Å². The highest BCUT2D eigenvalue weighted by molar-refractivity contribution is 4.89. The highest BCUT2D eigenvalue weighted by atomic mass is 16.5. The van der Waals surface area contributed by atoms with Gasteiger partial charge in [0.05, 0.1) is 5.60 Å². The van der Waals surface area contributed by atoms with E-state index in [1.54, 1.807) is 0 Å². The quantitative estimate of drug-likeness (QED) is 0.254. The van der Waals surface area contributed by atoms with Gasteiger partial charge in [-0.2, -0.15) is 0 Å². The molecule has 0 radical (unpaired) electrons. The van der Waals surface area contributed by atoms with Crippen LogP contribution in [0.4, 0.5) is 0 Å². The Morgan fingerprint density at radius 1 is 0.680 bits per heavy atom. The zero-order valence-corrected chi connectivity index (χ0v) is 18.1. The van der Waals surface area contributed by atoms with Crippen LogP contribution in [0.2, 0.25) is 0 Å². The Bertz CT molecular complexity index is 268. The fourth-order valence-electron chi connectivity index (χ4n) is 5.09. The molecule has 0 amide bonds. The van der Waals surface area contributed by atoms with Gasteiger partial charge in [-0.1, -0.05) is 105 Å². The fraction of sp³-hybridized carbons (Fsp3) is 1.00. The van der Waals surface area contributed by atoms with Gasteiger partial charge in [0.25, 0.3) is 0 Å². The zero-order chi connectivity index (χ0) is 18.4. The van der Waals surface area contributed by atoms with Crippen LogP contribution in [-0.2, 0) is 4.74 Å². The molecule has 1 aliphatic rings. The van der Waals surface area contributed by atoms with Crippen LogP contribution in [0, 0.1) is 11.8 Å². The minimum atomic E-state index is 0.234. The summed E-state index contributed by atoms with van der Waals surface area (Å²) >= 11 is 0. The van der Waals surface area contributed by atoms with Gasteiger partial charge < -0.3 is 4.74 Å². The van der Waals surface area contributed by atoms with Gasteiger partial charge in [0, 0.05) is 6.61 Å². The number of hydrogen-bond acceptors (Lipinski definition) is 1. The van der Waals surface area contributed by atoms with Crippen molar-refractivity contribution < 1.29 is 4.74 Å². The van der Waals surface area contributed by atoms with E-state index in [1.807, 2.05) is 0 Å². The maximum absolute atomic E-state index is 6.51. The summed E-state index contributed by atoms with van der Waals surface area (Å²) in [6, 6.07) is 0. The predicted molar refractivity (Wildman–Crippen MR) is 112 cm³/mol. The molecule has 1 heterocycles. The molecule has 150 valence electrons. The Morgan fingerprint density at radius 3 is 1.56 bits per heavy atom. The van der Waals surface area contributed by atoms with Gasteiger partial charge in [-0.15, -0.1) is 0 Å². The lowest BCUT2D eigenvalue weighted by Crippen LogP contribution is -2.33. The summed E-state index contributed by atoms with van der Waals surface area (Å²) in [6.07, 6.45) is 22.0. The average molecular weight is 353 g/mol.